The first-order valence-corrected chi connectivity index (χ1v) is 8.59. The molecule has 2 aliphatic rings. The van der Waals surface area contributed by atoms with Crippen LogP contribution in [0.3, 0.4) is 0 Å². The Bertz CT molecular complexity index is 967. The van der Waals surface area contributed by atoms with Crippen LogP contribution in [0.25, 0.3) is 0 Å². The van der Waals surface area contributed by atoms with Gasteiger partial charge in [-0.25, -0.2) is 0 Å². The molecule has 0 aromatic heterocycles. The van der Waals surface area contributed by atoms with Crippen LogP contribution >= 0.6 is 12.4 Å². The zero-order valence-electron chi connectivity index (χ0n) is 14.6. The molecule has 0 atom stereocenters. The molecule has 0 radical (unpaired) electrons. The molecular formula is C19H20ClN5O2. The van der Waals surface area contributed by atoms with Crippen LogP contribution in [0.1, 0.15) is 36.0 Å². The minimum atomic E-state index is -0.475. The molecule has 0 spiro atoms. The summed E-state index contributed by atoms with van der Waals surface area (Å²) >= 11 is 0. The first-order valence-electron chi connectivity index (χ1n) is 8.59. The van der Waals surface area contributed by atoms with Gasteiger partial charge in [-0.15, -0.1) is 12.4 Å². The highest BCUT2D eigenvalue weighted by molar-refractivity contribution is 6.08. The standard InChI is InChI=1S/C19H19N5O2.ClH/c20-15-6-4-11(10-18(15)24(25)26)17-9-13-8-12(5-7-16(13)23-17)19(21)22-14-2-1-3-14;/h4-8,10,14H,1-3,9,20H2,(H2,21,22);1H. The van der Waals surface area contributed by atoms with E-state index < -0.39 is 4.92 Å². The number of hydrogen-bond donors (Lipinski definition) is 2. The van der Waals surface area contributed by atoms with Crippen molar-refractivity contribution in [2.24, 2.45) is 15.7 Å². The predicted molar refractivity (Wildman–Crippen MR) is 109 cm³/mol. The molecule has 1 aliphatic carbocycles. The molecule has 7 nitrogen and oxygen atoms in total. The Morgan fingerprint density at radius 2 is 2.00 bits per heavy atom. The van der Waals surface area contributed by atoms with Crippen LogP contribution in [0.2, 0.25) is 0 Å². The maximum Gasteiger partial charge on any atom is 0.292 e. The van der Waals surface area contributed by atoms with Gasteiger partial charge in [0.2, 0.25) is 0 Å². The van der Waals surface area contributed by atoms with Gasteiger partial charge in [-0.1, -0.05) is 6.07 Å². The van der Waals surface area contributed by atoms with Crippen molar-refractivity contribution in [3.05, 3.63) is 63.2 Å². The Kier molecular flexibility index (Phi) is 5.14. The maximum absolute atomic E-state index is 11.1. The monoisotopic (exact) mass is 385 g/mol. The summed E-state index contributed by atoms with van der Waals surface area (Å²) in [7, 11) is 0. The van der Waals surface area contributed by atoms with Crippen LogP contribution in [0.5, 0.6) is 0 Å². The average Bonchev–Trinajstić information content (AvgIpc) is 3.01. The first-order chi connectivity index (χ1) is 12.5. The van der Waals surface area contributed by atoms with E-state index in [1.807, 2.05) is 18.2 Å². The van der Waals surface area contributed by atoms with Gasteiger partial charge in [-0.05, 0) is 49.1 Å². The zero-order chi connectivity index (χ0) is 18.3. The number of benzene rings is 2. The summed E-state index contributed by atoms with van der Waals surface area (Å²) in [4.78, 5) is 19.8. The lowest BCUT2D eigenvalue weighted by Crippen LogP contribution is -2.22. The second-order valence-electron chi connectivity index (χ2n) is 6.71. The van der Waals surface area contributed by atoms with Crippen molar-refractivity contribution in [2.75, 3.05) is 5.73 Å². The lowest BCUT2D eigenvalue weighted by atomic mass is 9.93. The summed E-state index contributed by atoms with van der Waals surface area (Å²) in [6.07, 6.45) is 4.03. The number of nitrogen functional groups attached to an aromatic ring is 1. The summed E-state index contributed by atoms with van der Waals surface area (Å²) in [6.45, 7) is 0. The fourth-order valence-electron chi connectivity index (χ4n) is 3.20. The highest BCUT2D eigenvalue weighted by atomic mass is 35.5. The molecule has 1 heterocycles. The van der Waals surface area contributed by atoms with Crippen LogP contribution in [0.15, 0.2) is 46.4 Å². The van der Waals surface area contributed by atoms with Gasteiger partial charge in [0.15, 0.2) is 0 Å². The quantitative estimate of drug-likeness (QED) is 0.275. The molecule has 27 heavy (non-hydrogen) atoms. The lowest BCUT2D eigenvalue weighted by Gasteiger charge is -2.21. The summed E-state index contributed by atoms with van der Waals surface area (Å²) in [5.74, 6) is 0.564. The molecule has 1 fully saturated rings. The number of nitrogens with zero attached hydrogens (tertiary/aromatic N) is 3. The second-order valence-corrected chi connectivity index (χ2v) is 6.71. The smallest absolute Gasteiger partial charge is 0.292 e. The summed E-state index contributed by atoms with van der Waals surface area (Å²) < 4.78 is 0. The van der Waals surface area contributed by atoms with E-state index in [2.05, 4.69) is 9.98 Å². The van der Waals surface area contributed by atoms with Gasteiger partial charge < -0.3 is 11.5 Å². The highest BCUT2D eigenvalue weighted by Crippen LogP contribution is 2.32. The molecule has 0 unspecified atom stereocenters. The van der Waals surface area contributed by atoms with Crippen LogP contribution in [-0.4, -0.2) is 22.5 Å². The van der Waals surface area contributed by atoms with E-state index in [9.17, 15) is 10.1 Å². The molecule has 140 valence electrons. The fraction of sp³-hybridized carbons (Fsp3) is 0.263. The number of rotatable bonds is 4. The van der Waals surface area contributed by atoms with Crippen molar-refractivity contribution >= 4 is 41.0 Å². The average molecular weight is 386 g/mol. The molecule has 0 amide bonds. The number of halogens is 1. The second kappa shape index (κ2) is 7.36. The molecule has 1 aliphatic heterocycles. The minimum absolute atomic E-state index is 0. The van der Waals surface area contributed by atoms with E-state index in [4.69, 9.17) is 11.5 Å². The Hall–Kier alpha value is -2.93. The largest absolute Gasteiger partial charge is 0.393 e. The van der Waals surface area contributed by atoms with Gasteiger partial charge in [0, 0.05) is 23.6 Å². The molecule has 2 aromatic rings. The third-order valence-corrected chi connectivity index (χ3v) is 4.95. The summed E-state index contributed by atoms with van der Waals surface area (Å²) in [6, 6.07) is 11.0. The van der Waals surface area contributed by atoms with Crippen LogP contribution in [0.4, 0.5) is 17.1 Å². The van der Waals surface area contributed by atoms with Crippen molar-refractivity contribution in [1.82, 2.24) is 0 Å². The van der Waals surface area contributed by atoms with Crippen LogP contribution in [0, 0.1) is 10.1 Å². The third-order valence-electron chi connectivity index (χ3n) is 4.95. The van der Waals surface area contributed by atoms with Crippen LogP contribution in [-0.2, 0) is 6.42 Å². The molecule has 8 heteroatoms. The zero-order valence-corrected chi connectivity index (χ0v) is 15.4. The van der Waals surface area contributed by atoms with Crippen molar-refractivity contribution in [3.63, 3.8) is 0 Å². The number of nitro groups is 1. The minimum Gasteiger partial charge on any atom is -0.393 e. The van der Waals surface area contributed by atoms with Gasteiger partial charge in [-0.2, -0.15) is 0 Å². The van der Waals surface area contributed by atoms with Gasteiger partial charge in [0.25, 0.3) is 5.69 Å². The molecule has 2 aromatic carbocycles. The van der Waals surface area contributed by atoms with E-state index in [1.54, 1.807) is 12.1 Å². The summed E-state index contributed by atoms with van der Waals surface area (Å²) in [5, 5.41) is 11.1. The SMILES string of the molecule is Cl.NC(=NC1CCC1)c1ccc2c(c1)CC(c1ccc(N)c([N+](=O)[O-])c1)=N2. The summed E-state index contributed by atoms with van der Waals surface area (Å²) in [5.41, 5.74) is 16.2. The number of fused-ring (bicyclic) bond motifs is 1. The normalized spacial score (nSPS) is 16.1. The van der Waals surface area contributed by atoms with Crippen molar-refractivity contribution in [1.29, 1.82) is 0 Å². The number of nitro benzene ring substituents is 1. The van der Waals surface area contributed by atoms with Crippen molar-refractivity contribution < 1.29 is 4.92 Å². The Morgan fingerprint density at radius 3 is 2.67 bits per heavy atom. The van der Waals surface area contributed by atoms with E-state index in [-0.39, 0.29) is 23.8 Å². The van der Waals surface area contributed by atoms with E-state index in [1.165, 1.54) is 12.5 Å². The number of amidine groups is 1. The third kappa shape index (κ3) is 3.64. The first kappa shape index (κ1) is 18.8. The number of hydrogen-bond acceptors (Lipinski definition) is 5. The molecule has 4 rings (SSSR count). The number of anilines is 1. The van der Waals surface area contributed by atoms with Gasteiger partial charge in [-0.3, -0.25) is 20.1 Å². The fourth-order valence-corrected chi connectivity index (χ4v) is 3.20. The van der Waals surface area contributed by atoms with Crippen LogP contribution < -0.4 is 11.5 Å². The Morgan fingerprint density at radius 1 is 1.22 bits per heavy atom. The lowest BCUT2D eigenvalue weighted by molar-refractivity contribution is -0.383. The van der Waals surface area contributed by atoms with Crippen molar-refractivity contribution in [3.8, 4) is 0 Å². The van der Waals surface area contributed by atoms with E-state index in [0.29, 0.717) is 23.9 Å². The van der Waals surface area contributed by atoms with E-state index >= 15 is 0 Å². The molecule has 0 bridgehead atoms. The maximum atomic E-state index is 11.1. The van der Waals surface area contributed by atoms with E-state index in [0.717, 1.165) is 35.4 Å². The van der Waals surface area contributed by atoms with Gasteiger partial charge in [0.1, 0.15) is 11.5 Å². The number of nitrogens with two attached hydrogens (primary N) is 2. The topological polar surface area (TPSA) is 120 Å². The molecular weight excluding hydrogens is 366 g/mol. The Labute approximate surface area is 162 Å². The molecule has 4 N–H and O–H groups in total. The molecule has 0 saturated heterocycles. The van der Waals surface area contributed by atoms with Gasteiger partial charge in [0.05, 0.1) is 22.4 Å². The highest BCUT2D eigenvalue weighted by Gasteiger charge is 2.21. The Balaban J connectivity index is 0.00000210. The van der Waals surface area contributed by atoms with Gasteiger partial charge >= 0.3 is 0 Å². The van der Waals surface area contributed by atoms with Crippen molar-refractivity contribution in [2.45, 2.75) is 31.7 Å². The number of aliphatic imine (C=N–C) groups is 2. The predicted octanol–water partition coefficient (Wildman–Crippen LogP) is 3.53. The molecule has 1 saturated carbocycles.